The number of aliphatic hydroxyl groups is 2. The molecule has 0 aromatic heterocycles. The van der Waals surface area contributed by atoms with Gasteiger partial charge in [-0.2, -0.15) is 0 Å². The predicted molar refractivity (Wildman–Crippen MR) is 100 cm³/mol. The molecule has 0 spiro atoms. The minimum absolute atomic E-state index is 0. The Morgan fingerprint density at radius 3 is 1.96 bits per heavy atom. The van der Waals surface area contributed by atoms with E-state index >= 15 is 0 Å². The number of aliphatic imine (C=N–C) groups is 2. The highest BCUT2D eigenvalue weighted by Gasteiger charge is 2.29. The van der Waals surface area contributed by atoms with Crippen LogP contribution in [0.25, 0.3) is 0 Å². The highest BCUT2D eigenvalue weighted by atomic mass is 19.0. The Labute approximate surface area is 163 Å². The lowest BCUT2D eigenvalue weighted by atomic mass is 10.2. The highest BCUT2D eigenvalue weighted by Crippen LogP contribution is 2.13. The van der Waals surface area contributed by atoms with Crippen molar-refractivity contribution in [2.75, 3.05) is 26.4 Å². The van der Waals surface area contributed by atoms with Gasteiger partial charge in [-0.05, 0) is 0 Å². The van der Waals surface area contributed by atoms with Crippen LogP contribution in [0.3, 0.4) is 0 Å². The van der Waals surface area contributed by atoms with Gasteiger partial charge < -0.3 is 29.2 Å². The third kappa shape index (κ3) is 10.2. The first-order chi connectivity index (χ1) is 12.2. The van der Waals surface area contributed by atoms with Crippen molar-refractivity contribution in [3.05, 3.63) is 0 Å². The molecule has 2 heterocycles. The molecule has 2 aliphatic heterocycles. The Morgan fingerprint density at radius 1 is 1.11 bits per heavy atom. The van der Waals surface area contributed by atoms with E-state index in [9.17, 15) is 9.59 Å². The zero-order chi connectivity index (χ0) is 19.7. The summed E-state index contributed by atoms with van der Waals surface area (Å²) in [4.78, 5) is 29.7. The molecule has 0 aliphatic carbocycles. The van der Waals surface area contributed by atoms with Crippen molar-refractivity contribution in [2.45, 2.75) is 59.4 Å². The standard InChI is InChI=1S/C10H15NO5.C6H11NO3.CH4.FH/c1-6-11-9(4-14-6)10(16-8(3)13)5-15-7(2)12;1-4-7-5(3-10-4)6(9)2-8;;/h9-10H,4-5H2,1-3H3;5-6,8-9H,2-3H2,1H3;1H4;1H/t9-,10-;5-,6-;;/m00../s1. The number of esters is 2. The number of hydrogen-bond donors (Lipinski definition) is 2. The zero-order valence-corrected chi connectivity index (χ0v) is 15.8. The third-order valence-corrected chi connectivity index (χ3v) is 3.45. The lowest BCUT2D eigenvalue weighted by molar-refractivity contribution is -0.157. The van der Waals surface area contributed by atoms with Gasteiger partial charge in [0, 0.05) is 27.7 Å². The Bertz CT molecular complexity index is 555. The van der Waals surface area contributed by atoms with Gasteiger partial charge in [0.05, 0.1) is 6.61 Å². The normalized spacial score (nSPS) is 21.6. The van der Waals surface area contributed by atoms with Gasteiger partial charge in [0.2, 0.25) is 0 Å². The number of nitrogens with zero attached hydrogens (tertiary/aromatic N) is 2. The van der Waals surface area contributed by atoms with Crippen LogP contribution in [-0.2, 0) is 28.5 Å². The molecule has 10 nitrogen and oxygen atoms in total. The number of ether oxygens (including phenoxy) is 4. The number of carbonyl (C=O) groups excluding carboxylic acids is 2. The van der Waals surface area contributed by atoms with Crippen LogP contribution in [-0.4, -0.2) is 84.7 Å². The summed E-state index contributed by atoms with van der Waals surface area (Å²) in [7, 11) is 0. The molecule has 0 amide bonds. The first kappa shape index (κ1) is 27.9. The van der Waals surface area contributed by atoms with Gasteiger partial charge in [0.1, 0.15) is 38.0 Å². The number of rotatable bonds is 6. The first-order valence-corrected chi connectivity index (χ1v) is 8.16. The average Bonchev–Trinajstić information content (AvgIpc) is 3.19. The second kappa shape index (κ2) is 13.8. The summed E-state index contributed by atoms with van der Waals surface area (Å²) in [6.45, 7) is 6.50. The fourth-order valence-electron chi connectivity index (χ4n) is 2.17. The maximum Gasteiger partial charge on any atom is 0.303 e. The molecule has 0 fully saturated rings. The Kier molecular flexibility index (Phi) is 13.8. The molecule has 28 heavy (non-hydrogen) atoms. The Morgan fingerprint density at radius 2 is 1.61 bits per heavy atom. The minimum atomic E-state index is -0.780. The quantitative estimate of drug-likeness (QED) is 0.595. The van der Waals surface area contributed by atoms with Gasteiger partial charge in [-0.15, -0.1) is 0 Å². The smallest absolute Gasteiger partial charge is 0.303 e. The molecule has 11 heteroatoms. The van der Waals surface area contributed by atoms with E-state index < -0.39 is 24.1 Å². The van der Waals surface area contributed by atoms with Crippen LogP contribution in [0.15, 0.2) is 9.98 Å². The summed E-state index contributed by atoms with van der Waals surface area (Å²) in [5.41, 5.74) is 0. The second-order valence-electron chi connectivity index (χ2n) is 5.75. The van der Waals surface area contributed by atoms with Crippen LogP contribution < -0.4 is 0 Å². The van der Waals surface area contributed by atoms with E-state index in [2.05, 4.69) is 9.98 Å². The third-order valence-electron chi connectivity index (χ3n) is 3.45. The molecule has 4 atom stereocenters. The lowest BCUT2D eigenvalue weighted by Crippen LogP contribution is -2.35. The summed E-state index contributed by atoms with van der Waals surface area (Å²) in [5, 5.41) is 17.5. The summed E-state index contributed by atoms with van der Waals surface area (Å²) in [5.74, 6) is 0.274. The average molecular weight is 410 g/mol. The molecule has 0 aromatic rings. The molecule has 164 valence electrons. The monoisotopic (exact) mass is 410 g/mol. The van der Waals surface area contributed by atoms with Crippen LogP contribution in [0, 0.1) is 0 Å². The van der Waals surface area contributed by atoms with Crippen LogP contribution >= 0.6 is 0 Å². The highest BCUT2D eigenvalue weighted by molar-refractivity contribution is 5.75. The van der Waals surface area contributed by atoms with Crippen LogP contribution in [0.5, 0.6) is 0 Å². The van der Waals surface area contributed by atoms with Crippen molar-refractivity contribution in [2.24, 2.45) is 9.98 Å². The van der Waals surface area contributed by atoms with Crippen molar-refractivity contribution in [1.29, 1.82) is 0 Å². The molecule has 0 unspecified atom stereocenters. The topological polar surface area (TPSA) is 136 Å². The van der Waals surface area contributed by atoms with Gasteiger partial charge in [0.25, 0.3) is 0 Å². The molecule has 0 aromatic carbocycles. The molecular weight excluding hydrogens is 379 g/mol. The molecular formula is C17H31FN2O8. The fourth-order valence-corrected chi connectivity index (χ4v) is 2.17. The molecule has 0 saturated heterocycles. The van der Waals surface area contributed by atoms with Crippen LogP contribution in [0.4, 0.5) is 4.70 Å². The van der Waals surface area contributed by atoms with Gasteiger partial charge in [0.15, 0.2) is 17.9 Å². The van der Waals surface area contributed by atoms with Crippen molar-refractivity contribution >= 4 is 23.7 Å². The second-order valence-corrected chi connectivity index (χ2v) is 5.75. The van der Waals surface area contributed by atoms with Crippen molar-refractivity contribution in [3.8, 4) is 0 Å². The minimum Gasteiger partial charge on any atom is -0.479 e. The predicted octanol–water partition coefficient (Wildman–Crippen LogP) is 0.244. The molecule has 2 aliphatic rings. The fraction of sp³-hybridized carbons (Fsp3) is 0.765. The Hall–Kier alpha value is -2.27. The van der Waals surface area contributed by atoms with Crippen molar-refractivity contribution in [1.82, 2.24) is 0 Å². The van der Waals surface area contributed by atoms with Gasteiger partial charge in [-0.1, -0.05) is 7.43 Å². The Balaban J connectivity index is 0. The summed E-state index contributed by atoms with van der Waals surface area (Å²) in [6, 6.07) is -0.576. The van der Waals surface area contributed by atoms with Crippen molar-refractivity contribution in [3.63, 3.8) is 0 Å². The maximum absolute atomic E-state index is 10.9. The molecule has 0 saturated carbocycles. The van der Waals surface area contributed by atoms with E-state index in [1.54, 1.807) is 13.8 Å². The van der Waals surface area contributed by atoms with E-state index in [-0.39, 0.29) is 37.4 Å². The maximum atomic E-state index is 10.9. The van der Waals surface area contributed by atoms with Crippen LogP contribution in [0.2, 0.25) is 0 Å². The molecule has 2 rings (SSSR count). The van der Waals surface area contributed by atoms with E-state index in [0.29, 0.717) is 25.0 Å². The van der Waals surface area contributed by atoms with E-state index in [1.165, 1.54) is 13.8 Å². The summed E-state index contributed by atoms with van der Waals surface area (Å²) >= 11 is 0. The summed E-state index contributed by atoms with van der Waals surface area (Å²) in [6.07, 6.45) is -1.36. The molecule has 0 bridgehead atoms. The van der Waals surface area contributed by atoms with E-state index in [1.807, 2.05) is 0 Å². The SMILES string of the molecule is C.CC(=O)OC[C@H](OC(C)=O)[C@@H]1COC(C)=N1.CC1=N[C@H]([C@@H](O)CO)CO1.F. The van der Waals surface area contributed by atoms with Gasteiger partial charge in [-0.3, -0.25) is 14.3 Å². The number of halogens is 1. The van der Waals surface area contributed by atoms with E-state index in [4.69, 9.17) is 29.2 Å². The van der Waals surface area contributed by atoms with E-state index in [0.717, 1.165) is 0 Å². The van der Waals surface area contributed by atoms with Gasteiger partial charge in [-0.25, -0.2) is 9.98 Å². The van der Waals surface area contributed by atoms with Crippen molar-refractivity contribution < 1.29 is 43.5 Å². The van der Waals surface area contributed by atoms with Gasteiger partial charge >= 0.3 is 11.9 Å². The number of aliphatic hydroxyl groups excluding tert-OH is 2. The molecule has 2 N–H and O–H groups in total. The number of carbonyl (C=O) groups is 2. The zero-order valence-electron chi connectivity index (χ0n) is 15.8. The summed E-state index contributed by atoms with van der Waals surface area (Å²) < 4.78 is 20.0. The largest absolute Gasteiger partial charge is 0.479 e. The lowest BCUT2D eigenvalue weighted by Gasteiger charge is -2.19. The number of hydrogen-bond acceptors (Lipinski definition) is 10. The van der Waals surface area contributed by atoms with Crippen LogP contribution in [0.1, 0.15) is 35.1 Å². The first-order valence-electron chi connectivity index (χ1n) is 8.16. The molecule has 0 radical (unpaired) electrons.